The highest BCUT2D eigenvalue weighted by molar-refractivity contribution is 5.95. The van der Waals surface area contributed by atoms with Crippen molar-refractivity contribution in [1.29, 1.82) is 0 Å². The van der Waals surface area contributed by atoms with Gasteiger partial charge in [0.05, 0.1) is 5.41 Å². The molecule has 1 heterocycles. The Hall–Kier alpha value is -2.18. The monoisotopic (exact) mass is 304 g/mol. The molecule has 118 valence electrons. The Balaban J connectivity index is 1.76. The van der Waals surface area contributed by atoms with Crippen molar-refractivity contribution in [2.24, 2.45) is 5.41 Å². The number of aryl methyl sites for hydroxylation is 1. The molecule has 1 aromatic rings. The zero-order valence-electron chi connectivity index (χ0n) is 12.6. The second-order valence-electron chi connectivity index (χ2n) is 6.46. The Bertz CT molecular complexity index is 621. The summed E-state index contributed by atoms with van der Waals surface area (Å²) in [5, 5.41) is 14.6. The Morgan fingerprint density at radius 1 is 1.27 bits per heavy atom. The van der Waals surface area contributed by atoms with Gasteiger partial charge in [0.25, 0.3) is 0 Å². The van der Waals surface area contributed by atoms with Gasteiger partial charge in [-0.05, 0) is 45.1 Å². The predicted octanol–water partition coefficient (Wildman–Crippen LogP) is 2.08. The minimum Gasteiger partial charge on any atom is -0.465 e. The first kappa shape index (κ1) is 14.7. The molecule has 0 radical (unpaired) electrons. The van der Waals surface area contributed by atoms with Crippen molar-refractivity contribution in [3.05, 3.63) is 18.1 Å². The molecule has 7 nitrogen and oxygen atoms in total. The van der Waals surface area contributed by atoms with Crippen molar-refractivity contribution in [3.8, 4) is 0 Å². The highest BCUT2D eigenvalue weighted by Crippen LogP contribution is 2.54. The van der Waals surface area contributed by atoms with E-state index in [-0.39, 0.29) is 5.91 Å². The Labute approximate surface area is 128 Å². The number of nitrogens with one attached hydrogen (secondary N) is 2. The molecular weight excluding hydrogens is 284 g/mol. The molecule has 2 atom stereocenters. The van der Waals surface area contributed by atoms with Crippen LogP contribution in [-0.2, 0) is 4.79 Å². The second kappa shape index (κ2) is 5.23. The first-order chi connectivity index (χ1) is 10.4. The fourth-order valence-electron chi connectivity index (χ4n) is 3.97. The molecular formula is C15H20N4O3. The number of fused-ring (bicyclic) bond motifs is 2. The van der Waals surface area contributed by atoms with Crippen molar-refractivity contribution in [1.82, 2.24) is 15.3 Å². The van der Waals surface area contributed by atoms with E-state index in [2.05, 4.69) is 20.6 Å². The van der Waals surface area contributed by atoms with Gasteiger partial charge in [-0.3, -0.25) is 4.79 Å². The lowest BCUT2D eigenvalue weighted by molar-refractivity contribution is -0.126. The average molecular weight is 304 g/mol. The molecule has 2 unspecified atom stereocenters. The first-order valence-corrected chi connectivity index (χ1v) is 7.55. The van der Waals surface area contributed by atoms with Crippen LogP contribution in [0.2, 0.25) is 0 Å². The molecule has 1 aromatic heterocycles. The van der Waals surface area contributed by atoms with E-state index < -0.39 is 17.0 Å². The largest absolute Gasteiger partial charge is 0.465 e. The summed E-state index contributed by atoms with van der Waals surface area (Å²) in [6.45, 7) is 1.77. The molecule has 7 heteroatoms. The van der Waals surface area contributed by atoms with Gasteiger partial charge in [-0.25, -0.2) is 14.8 Å². The molecule has 2 saturated carbocycles. The number of carboxylic acid groups (broad SMARTS) is 1. The SMILES string of the molecule is Cc1nccc(NC(=O)C23CCCC(NC(=O)O)(CC2)C3)n1. The van der Waals surface area contributed by atoms with Crippen molar-refractivity contribution in [2.75, 3.05) is 5.32 Å². The van der Waals surface area contributed by atoms with E-state index in [1.807, 2.05) is 0 Å². The Morgan fingerprint density at radius 3 is 2.82 bits per heavy atom. The van der Waals surface area contributed by atoms with Gasteiger partial charge in [-0.15, -0.1) is 0 Å². The minimum atomic E-state index is -1.01. The highest BCUT2D eigenvalue weighted by Gasteiger charge is 2.55. The number of nitrogens with zero attached hydrogens (tertiary/aromatic N) is 2. The van der Waals surface area contributed by atoms with E-state index in [9.17, 15) is 9.59 Å². The Kier molecular flexibility index (Phi) is 3.50. The standard InChI is InChI=1S/C15H20N4O3/c1-10-16-8-3-11(17-10)18-12(20)14-4-2-5-15(9-14,7-6-14)19-13(21)22/h3,8,19H,2,4-7,9H2,1H3,(H,21,22)(H,16,17,18,20). The van der Waals surface area contributed by atoms with Crippen molar-refractivity contribution in [3.63, 3.8) is 0 Å². The lowest BCUT2D eigenvalue weighted by atomic mass is 9.72. The first-order valence-electron chi connectivity index (χ1n) is 7.55. The van der Waals surface area contributed by atoms with Crippen LogP contribution in [-0.4, -0.2) is 32.6 Å². The van der Waals surface area contributed by atoms with Crippen LogP contribution in [0.15, 0.2) is 12.3 Å². The second-order valence-corrected chi connectivity index (χ2v) is 6.46. The van der Waals surface area contributed by atoms with Crippen molar-refractivity contribution in [2.45, 2.75) is 51.0 Å². The van der Waals surface area contributed by atoms with Gasteiger partial charge < -0.3 is 15.7 Å². The van der Waals surface area contributed by atoms with Gasteiger partial charge >= 0.3 is 6.09 Å². The molecule has 0 aromatic carbocycles. The summed E-state index contributed by atoms with van der Waals surface area (Å²) in [5.74, 6) is 1.05. The van der Waals surface area contributed by atoms with E-state index >= 15 is 0 Å². The number of anilines is 1. The molecule has 0 aliphatic heterocycles. The topological polar surface area (TPSA) is 104 Å². The molecule has 2 amide bonds. The number of aromatic nitrogens is 2. The maximum Gasteiger partial charge on any atom is 0.405 e. The zero-order chi connectivity index (χ0) is 15.8. The Morgan fingerprint density at radius 2 is 2.09 bits per heavy atom. The summed E-state index contributed by atoms with van der Waals surface area (Å²) in [7, 11) is 0. The van der Waals surface area contributed by atoms with Crippen LogP contribution in [0.5, 0.6) is 0 Å². The number of carbonyl (C=O) groups excluding carboxylic acids is 1. The van der Waals surface area contributed by atoms with Gasteiger partial charge in [-0.1, -0.05) is 6.42 Å². The van der Waals surface area contributed by atoms with E-state index in [1.54, 1.807) is 19.2 Å². The fraction of sp³-hybridized carbons (Fsp3) is 0.600. The molecule has 0 spiro atoms. The molecule has 0 saturated heterocycles. The summed E-state index contributed by atoms with van der Waals surface area (Å²) in [6.07, 6.45) is 5.07. The third kappa shape index (κ3) is 2.63. The van der Waals surface area contributed by atoms with Crippen LogP contribution in [0.1, 0.15) is 44.3 Å². The zero-order valence-corrected chi connectivity index (χ0v) is 12.6. The van der Waals surface area contributed by atoms with Crippen LogP contribution in [0.25, 0.3) is 0 Å². The van der Waals surface area contributed by atoms with Crippen LogP contribution in [0.4, 0.5) is 10.6 Å². The van der Waals surface area contributed by atoms with Gasteiger partial charge in [0.15, 0.2) is 0 Å². The van der Waals surface area contributed by atoms with Crippen LogP contribution in [0, 0.1) is 12.3 Å². The lowest BCUT2D eigenvalue weighted by Crippen LogP contribution is -2.50. The fourth-order valence-corrected chi connectivity index (χ4v) is 3.97. The molecule has 3 rings (SSSR count). The number of rotatable bonds is 3. The maximum atomic E-state index is 12.7. The van der Waals surface area contributed by atoms with Crippen LogP contribution in [0.3, 0.4) is 0 Å². The van der Waals surface area contributed by atoms with Gasteiger partial charge in [0, 0.05) is 11.7 Å². The molecule has 3 N–H and O–H groups in total. The number of amides is 2. The van der Waals surface area contributed by atoms with E-state index in [1.165, 1.54) is 0 Å². The summed E-state index contributed by atoms with van der Waals surface area (Å²) >= 11 is 0. The van der Waals surface area contributed by atoms with Crippen LogP contribution < -0.4 is 10.6 Å². The summed E-state index contributed by atoms with van der Waals surface area (Å²) in [6, 6.07) is 1.67. The summed E-state index contributed by atoms with van der Waals surface area (Å²) < 4.78 is 0. The van der Waals surface area contributed by atoms with Crippen molar-refractivity contribution < 1.29 is 14.7 Å². The van der Waals surface area contributed by atoms with E-state index in [0.29, 0.717) is 24.5 Å². The summed E-state index contributed by atoms with van der Waals surface area (Å²) in [5.41, 5.74) is -0.928. The number of hydrogen-bond acceptors (Lipinski definition) is 4. The number of hydrogen-bond donors (Lipinski definition) is 3. The van der Waals surface area contributed by atoms with Gasteiger partial charge in [0.1, 0.15) is 11.6 Å². The quantitative estimate of drug-likeness (QED) is 0.793. The van der Waals surface area contributed by atoms with Crippen LogP contribution >= 0.6 is 0 Å². The molecule has 2 fully saturated rings. The lowest BCUT2D eigenvalue weighted by Gasteiger charge is -2.38. The highest BCUT2D eigenvalue weighted by atomic mass is 16.4. The molecule has 22 heavy (non-hydrogen) atoms. The summed E-state index contributed by atoms with van der Waals surface area (Å²) in [4.78, 5) is 32.0. The normalized spacial score (nSPS) is 29.9. The van der Waals surface area contributed by atoms with E-state index in [0.717, 1.165) is 25.7 Å². The molecule has 2 bridgehead atoms. The third-order valence-electron chi connectivity index (χ3n) is 4.94. The van der Waals surface area contributed by atoms with E-state index in [4.69, 9.17) is 5.11 Å². The predicted molar refractivity (Wildman–Crippen MR) is 79.4 cm³/mol. The minimum absolute atomic E-state index is 0.0561. The average Bonchev–Trinajstić information content (AvgIpc) is 2.70. The van der Waals surface area contributed by atoms with Gasteiger partial charge in [-0.2, -0.15) is 0 Å². The van der Waals surface area contributed by atoms with Crippen molar-refractivity contribution >= 4 is 17.8 Å². The number of carbonyl (C=O) groups is 2. The third-order valence-corrected chi connectivity index (χ3v) is 4.94. The maximum absolute atomic E-state index is 12.7. The molecule has 2 aliphatic rings. The smallest absolute Gasteiger partial charge is 0.405 e. The van der Waals surface area contributed by atoms with Gasteiger partial charge in [0.2, 0.25) is 5.91 Å². The molecule has 2 aliphatic carbocycles.